The minimum Gasteiger partial charge on any atom is -0.362 e. The maximum absolute atomic E-state index is 12.4. The molecular weight excluding hydrogens is 304 g/mol. The summed E-state index contributed by atoms with van der Waals surface area (Å²) in [5.74, 6) is -0.850. The summed E-state index contributed by atoms with van der Waals surface area (Å²) in [6.07, 6.45) is -9.04. The summed E-state index contributed by atoms with van der Waals surface area (Å²) in [5, 5.41) is 2.17. The van der Waals surface area contributed by atoms with Gasteiger partial charge in [0.15, 0.2) is 0 Å². The van der Waals surface area contributed by atoms with Crippen molar-refractivity contribution in [2.75, 3.05) is 13.2 Å². The van der Waals surface area contributed by atoms with E-state index in [1.807, 2.05) is 0 Å². The number of carbonyl (C=O) groups excluding carboxylic acids is 1. The Bertz CT molecular complexity index is 483. The van der Waals surface area contributed by atoms with Gasteiger partial charge in [-0.2, -0.15) is 26.3 Å². The Morgan fingerprint density at radius 2 is 1.81 bits per heavy atom. The van der Waals surface area contributed by atoms with Gasteiger partial charge in [-0.1, -0.05) is 12.1 Å². The van der Waals surface area contributed by atoms with Gasteiger partial charge in [0, 0.05) is 6.54 Å². The number of ether oxygens (including phenoxy) is 1. The molecule has 0 atom stereocenters. The minimum absolute atomic E-state index is 0.175. The molecule has 1 aromatic rings. The molecule has 118 valence electrons. The average Bonchev–Trinajstić information content (AvgIpc) is 2.34. The summed E-state index contributed by atoms with van der Waals surface area (Å²) in [4.78, 5) is 11.2. The van der Waals surface area contributed by atoms with Crippen LogP contribution in [0.1, 0.15) is 11.1 Å². The monoisotopic (exact) mass is 315 g/mol. The van der Waals surface area contributed by atoms with Crippen molar-refractivity contribution >= 4 is 5.91 Å². The molecule has 0 aliphatic carbocycles. The molecule has 0 aliphatic rings. The van der Waals surface area contributed by atoms with Crippen molar-refractivity contribution in [2.24, 2.45) is 0 Å². The summed E-state index contributed by atoms with van der Waals surface area (Å²) in [6, 6.07) is 4.24. The molecule has 0 aromatic heterocycles. The van der Waals surface area contributed by atoms with Crippen LogP contribution in [0.2, 0.25) is 0 Å². The molecule has 0 heterocycles. The van der Waals surface area contributed by atoms with Crippen LogP contribution in [-0.4, -0.2) is 25.3 Å². The molecule has 1 rings (SSSR count). The van der Waals surface area contributed by atoms with Crippen molar-refractivity contribution in [1.82, 2.24) is 5.32 Å². The summed E-state index contributed by atoms with van der Waals surface area (Å²) in [5.41, 5.74) is -0.698. The molecule has 1 N–H and O–H groups in total. The van der Waals surface area contributed by atoms with E-state index in [4.69, 9.17) is 0 Å². The second kappa shape index (κ2) is 6.79. The van der Waals surface area contributed by atoms with Crippen LogP contribution in [0.4, 0.5) is 26.3 Å². The second-order valence-corrected chi connectivity index (χ2v) is 4.08. The third-order valence-electron chi connectivity index (χ3n) is 2.24. The van der Waals surface area contributed by atoms with Crippen molar-refractivity contribution in [3.63, 3.8) is 0 Å². The fourth-order valence-corrected chi connectivity index (χ4v) is 1.37. The van der Waals surface area contributed by atoms with Crippen molar-refractivity contribution in [3.05, 3.63) is 35.4 Å². The second-order valence-electron chi connectivity index (χ2n) is 4.08. The molecule has 3 nitrogen and oxygen atoms in total. The molecule has 0 bridgehead atoms. The predicted octanol–water partition coefficient (Wildman–Crippen LogP) is 2.90. The summed E-state index contributed by atoms with van der Waals surface area (Å²) in [7, 11) is 0. The third kappa shape index (κ3) is 6.98. The normalized spacial score (nSPS) is 12.3. The lowest BCUT2D eigenvalue weighted by Crippen LogP contribution is -2.29. The van der Waals surface area contributed by atoms with Gasteiger partial charge in [0.05, 0.1) is 5.56 Å². The topological polar surface area (TPSA) is 38.3 Å². The zero-order valence-electron chi connectivity index (χ0n) is 10.5. The maximum atomic E-state index is 12.4. The summed E-state index contributed by atoms with van der Waals surface area (Å²) >= 11 is 0. The first-order valence-electron chi connectivity index (χ1n) is 5.65. The maximum Gasteiger partial charge on any atom is 0.416 e. The standard InChI is InChI=1S/C12H11F6NO2/c13-11(14,15)7-21-6-10(20)19-5-8-2-1-3-9(4-8)12(16,17)18/h1-4H,5-7H2,(H,19,20). The van der Waals surface area contributed by atoms with Gasteiger partial charge in [-0.3, -0.25) is 4.79 Å². The van der Waals surface area contributed by atoms with E-state index in [0.29, 0.717) is 0 Å². The van der Waals surface area contributed by atoms with Crippen LogP contribution in [0.3, 0.4) is 0 Å². The molecule has 9 heteroatoms. The van der Waals surface area contributed by atoms with E-state index in [9.17, 15) is 31.1 Å². The smallest absolute Gasteiger partial charge is 0.362 e. The van der Waals surface area contributed by atoms with Gasteiger partial charge < -0.3 is 10.1 Å². The van der Waals surface area contributed by atoms with E-state index < -0.39 is 37.0 Å². The number of hydrogen-bond acceptors (Lipinski definition) is 2. The van der Waals surface area contributed by atoms with Crippen LogP contribution in [0.25, 0.3) is 0 Å². The van der Waals surface area contributed by atoms with Crippen molar-refractivity contribution in [2.45, 2.75) is 18.9 Å². The number of halogens is 6. The zero-order valence-corrected chi connectivity index (χ0v) is 10.5. The van der Waals surface area contributed by atoms with Crippen LogP contribution < -0.4 is 5.32 Å². The minimum atomic E-state index is -4.54. The summed E-state index contributed by atoms with van der Waals surface area (Å²) < 4.78 is 76.7. The molecule has 1 amide bonds. The molecule has 0 unspecified atom stereocenters. The number of hydrogen-bond donors (Lipinski definition) is 1. The van der Waals surface area contributed by atoms with E-state index in [-0.39, 0.29) is 12.1 Å². The van der Waals surface area contributed by atoms with Crippen LogP contribution in [0.5, 0.6) is 0 Å². The van der Waals surface area contributed by atoms with Gasteiger partial charge in [0.2, 0.25) is 5.91 Å². The van der Waals surface area contributed by atoms with E-state index >= 15 is 0 Å². The number of rotatable bonds is 5. The first-order valence-corrected chi connectivity index (χ1v) is 5.65. The molecule has 0 saturated heterocycles. The molecule has 0 aliphatic heterocycles. The first kappa shape index (κ1) is 17.3. The van der Waals surface area contributed by atoms with Gasteiger partial charge in [0.1, 0.15) is 13.2 Å². The average molecular weight is 315 g/mol. The number of alkyl halides is 6. The van der Waals surface area contributed by atoms with E-state index in [1.54, 1.807) is 0 Å². The highest BCUT2D eigenvalue weighted by Crippen LogP contribution is 2.29. The largest absolute Gasteiger partial charge is 0.416 e. The molecule has 1 aromatic carbocycles. The van der Waals surface area contributed by atoms with Gasteiger partial charge in [-0.15, -0.1) is 0 Å². The fourth-order valence-electron chi connectivity index (χ4n) is 1.37. The first-order chi connectivity index (χ1) is 9.58. The zero-order chi connectivity index (χ0) is 16.1. The van der Waals surface area contributed by atoms with E-state index in [2.05, 4.69) is 10.1 Å². The number of amides is 1. The number of carbonyl (C=O) groups is 1. The Morgan fingerprint density at radius 1 is 1.14 bits per heavy atom. The lowest BCUT2D eigenvalue weighted by Gasteiger charge is -2.10. The van der Waals surface area contributed by atoms with Gasteiger partial charge in [0.25, 0.3) is 0 Å². The Kier molecular flexibility index (Phi) is 5.59. The van der Waals surface area contributed by atoms with Crippen LogP contribution in [0, 0.1) is 0 Å². The Balaban J connectivity index is 2.43. The van der Waals surface area contributed by atoms with Crippen LogP contribution in [0.15, 0.2) is 24.3 Å². The molecular formula is C12H11F6NO2. The Morgan fingerprint density at radius 3 is 2.38 bits per heavy atom. The fraction of sp³-hybridized carbons (Fsp3) is 0.417. The molecule has 0 saturated carbocycles. The highest BCUT2D eigenvalue weighted by Gasteiger charge is 2.30. The predicted molar refractivity (Wildman–Crippen MR) is 60.2 cm³/mol. The van der Waals surface area contributed by atoms with Crippen molar-refractivity contribution in [3.8, 4) is 0 Å². The van der Waals surface area contributed by atoms with Crippen LogP contribution in [-0.2, 0) is 22.3 Å². The number of nitrogens with one attached hydrogen (secondary N) is 1. The SMILES string of the molecule is O=C(COCC(F)(F)F)NCc1cccc(C(F)(F)F)c1. The van der Waals surface area contributed by atoms with E-state index in [0.717, 1.165) is 12.1 Å². The molecule has 0 spiro atoms. The Labute approximate surface area is 115 Å². The van der Waals surface area contributed by atoms with E-state index in [1.165, 1.54) is 12.1 Å². The van der Waals surface area contributed by atoms with Gasteiger partial charge in [-0.25, -0.2) is 0 Å². The van der Waals surface area contributed by atoms with Gasteiger partial charge in [-0.05, 0) is 17.7 Å². The highest BCUT2D eigenvalue weighted by atomic mass is 19.4. The lowest BCUT2D eigenvalue weighted by atomic mass is 10.1. The molecule has 0 fully saturated rings. The lowest BCUT2D eigenvalue weighted by molar-refractivity contribution is -0.175. The molecule has 0 radical (unpaired) electrons. The third-order valence-corrected chi connectivity index (χ3v) is 2.24. The Hall–Kier alpha value is -1.77. The van der Waals surface area contributed by atoms with Gasteiger partial charge >= 0.3 is 12.4 Å². The van der Waals surface area contributed by atoms with Crippen molar-refractivity contribution in [1.29, 1.82) is 0 Å². The van der Waals surface area contributed by atoms with Crippen LogP contribution >= 0.6 is 0 Å². The molecule has 21 heavy (non-hydrogen) atoms. The highest BCUT2D eigenvalue weighted by molar-refractivity contribution is 5.77. The van der Waals surface area contributed by atoms with Crippen molar-refractivity contribution < 1.29 is 35.9 Å². The number of benzene rings is 1. The summed E-state index contributed by atoms with van der Waals surface area (Å²) in [6.45, 7) is -2.62. The quantitative estimate of drug-likeness (QED) is 0.849.